The number of amides is 1. The Morgan fingerprint density at radius 3 is 3.04 bits per heavy atom. The molecular weight excluding hydrogens is 384 g/mol. The number of nitrogens with zero attached hydrogens (tertiary/aromatic N) is 3. The molecule has 1 N–H and O–H groups in total. The van der Waals surface area contributed by atoms with Crippen LogP contribution in [0.25, 0.3) is 11.6 Å². The highest BCUT2D eigenvalue weighted by atomic mass is 35.5. The molecule has 0 spiro atoms. The van der Waals surface area contributed by atoms with E-state index >= 15 is 0 Å². The fourth-order valence-electron chi connectivity index (χ4n) is 3.77. The average Bonchev–Trinajstić information content (AvgIpc) is 3.32. The minimum absolute atomic E-state index is 0.0726. The van der Waals surface area contributed by atoms with Crippen molar-refractivity contribution in [2.24, 2.45) is 0 Å². The molecule has 1 aromatic carbocycles. The first-order chi connectivity index (χ1) is 13.2. The summed E-state index contributed by atoms with van der Waals surface area (Å²) in [5, 5.41) is 4.76. The molecule has 2 unspecified atom stereocenters. The van der Waals surface area contributed by atoms with Crippen molar-refractivity contribution in [2.45, 2.75) is 29.7 Å². The summed E-state index contributed by atoms with van der Waals surface area (Å²) in [6.45, 7) is 0.614. The van der Waals surface area contributed by atoms with E-state index in [0.29, 0.717) is 29.0 Å². The molecule has 2 atom stereocenters. The topological polar surface area (TPSA) is 75.0 Å². The van der Waals surface area contributed by atoms with Crippen LogP contribution in [0.1, 0.15) is 34.9 Å². The van der Waals surface area contributed by atoms with E-state index in [4.69, 9.17) is 16.1 Å². The zero-order valence-corrected chi connectivity index (χ0v) is 16.0. The lowest BCUT2D eigenvalue weighted by molar-refractivity contribution is 0.0611. The van der Waals surface area contributed by atoms with E-state index in [1.807, 2.05) is 29.2 Å². The predicted octanol–water partition coefficient (Wildman–Crippen LogP) is 4.21. The molecule has 2 aliphatic rings. The lowest BCUT2D eigenvalue weighted by Gasteiger charge is -2.37. The molecular formula is C19H17ClN4O2S. The standard InChI is InChI=1S/C19H17ClN4O2S/c20-12-7-15(21-8-12)18-22-17(23-26-18)11-5-6-13-10-27-16-4-2-1-3-14(16)19(25)24(13)9-11/h1-4,7-8,11,13,21H,5-6,9-10H2. The highest BCUT2D eigenvalue weighted by Crippen LogP contribution is 2.37. The Labute approximate surface area is 165 Å². The second kappa shape index (κ2) is 6.73. The summed E-state index contributed by atoms with van der Waals surface area (Å²) in [4.78, 5) is 23.7. The minimum Gasteiger partial charge on any atom is -0.356 e. The van der Waals surface area contributed by atoms with Crippen molar-refractivity contribution in [3.05, 3.63) is 52.9 Å². The van der Waals surface area contributed by atoms with Gasteiger partial charge in [0.15, 0.2) is 5.82 Å². The molecule has 0 saturated carbocycles. The Bertz CT molecular complexity index is 1000. The van der Waals surface area contributed by atoms with Crippen LogP contribution in [0, 0.1) is 0 Å². The zero-order chi connectivity index (χ0) is 18.4. The number of rotatable bonds is 2. The van der Waals surface area contributed by atoms with Crippen molar-refractivity contribution < 1.29 is 9.32 Å². The number of hydrogen-bond donors (Lipinski definition) is 1. The highest BCUT2D eigenvalue weighted by molar-refractivity contribution is 7.99. The molecule has 138 valence electrons. The van der Waals surface area contributed by atoms with Gasteiger partial charge in [-0.15, -0.1) is 11.8 Å². The Hall–Kier alpha value is -2.25. The number of thioether (sulfide) groups is 1. The lowest BCUT2D eigenvalue weighted by Crippen LogP contribution is -2.46. The number of piperidine rings is 1. The molecule has 27 heavy (non-hydrogen) atoms. The number of hydrogen-bond acceptors (Lipinski definition) is 5. The Balaban J connectivity index is 1.40. The van der Waals surface area contributed by atoms with Crippen LogP contribution < -0.4 is 0 Å². The van der Waals surface area contributed by atoms with E-state index in [1.165, 1.54) is 0 Å². The van der Waals surface area contributed by atoms with Gasteiger partial charge in [0, 0.05) is 35.3 Å². The molecule has 6 nitrogen and oxygen atoms in total. The predicted molar refractivity (Wildman–Crippen MR) is 103 cm³/mol. The summed E-state index contributed by atoms with van der Waals surface area (Å²) in [7, 11) is 0. The second-order valence-electron chi connectivity index (χ2n) is 6.88. The maximum absolute atomic E-state index is 13.1. The van der Waals surface area contributed by atoms with E-state index in [9.17, 15) is 4.79 Å². The molecule has 4 heterocycles. The molecule has 1 amide bonds. The first kappa shape index (κ1) is 16.9. The van der Waals surface area contributed by atoms with Crippen LogP contribution in [-0.4, -0.2) is 44.3 Å². The molecule has 1 saturated heterocycles. The Morgan fingerprint density at radius 1 is 1.30 bits per heavy atom. The highest BCUT2D eigenvalue weighted by Gasteiger charge is 2.37. The number of aromatic nitrogens is 3. The zero-order valence-electron chi connectivity index (χ0n) is 14.4. The van der Waals surface area contributed by atoms with Gasteiger partial charge in [-0.2, -0.15) is 4.98 Å². The summed E-state index contributed by atoms with van der Waals surface area (Å²) in [6.07, 6.45) is 3.56. The fraction of sp³-hybridized carbons (Fsp3) is 0.316. The van der Waals surface area contributed by atoms with Gasteiger partial charge in [0.2, 0.25) is 0 Å². The first-order valence-electron chi connectivity index (χ1n) is 8.90. The fourth-order valence-corrected chi connectivity index (χ4v) is 5.14. The van der Waals surface area contributed by atoms with Gasteiger partial charge in [0.25, 0.3) is 11.8 Å². The first-order valence-corrected chi connectivity index (χ1v) is 10.3. The SMILES string of the molecule is O=C1c2ccccc2SCC2CCC(c3noc(-c4cc(Cl)c[nH]4)n3)CN12. The van der Waals surface area contributed by atoms with E-state index in [2.05, 4.69) is 15.1 Å². The number of halogens is 1. The van der Waals surface area contributed by atoms with Crippen LogP contribution in [0.15, 0.2) is 45.9 Å². The van der Waals surface area contributed by atoms with Crippen LogP contribution in [0.4, 0.5) is 0 Å². The van der Waals surface area contributed by atoms with Crippen molar-refractivity contribution in [3.63, 3.8) is 0 Å². The largest absolute Gasteiger partial charge is 0.356 e. The summed E-state index contributed by atoms with van der Waals surface area (Å²) in [5.74, 6) is 2.16. The summed E-state index contributed by atoms with van der Waals surface area (Å²) >= 11 is 7.72. The average molecular weight is 401 g/mol. The van der Waals surface area contributed by atoms with E-state index in [1.54, 1.807) is 24.0 Å². The minimum atomic E-state index is 0.0726. The van der Waals surface area contributed by atoms with Gasteiger partial charge < -0.3 is 14.4 Å². The maximum Gasteiger partial charge on any atom is 0.274 e. The number of aromatic amines is 1. The van der Waals surface area contributed by atoms with E-state index in [-0.39, 0.29) is 17.9 Å². The number of carbonyl (C=O) groups excluding carboxylic acids is 1. The van der Waals surface area contributed by atoms with E-state index < -0.39 is 0 Å². The van der Waals surface area contributed by atoms with Gasteiger partial charge in [-0.05, 0) is 31.0 Å². The normalized spacial score (nSPS) is 22.3. The summed E-state index contributed by atoms with van der Waals surface area (Å²) in [6, 6.07) is 9.85. The van der Waals surface area contributed by atoms with Crippen molar-refractivity contribution in [1.82, 2.24) is 20.0 Å². The maximum atomic E-state index is 13.1. The second-order valence-corrected chi connectivity index (χ2v) is 8.38. The van der Waals surface area contributed by atoms with Crippen molar-refractivity contribution in [3.8, 4) is 11.6 Å². The smallest absolute Gasteiger partial charge is 0.274 e. The molecule has 5 rings (SSSR count). The van der Waals surface area contributed by atoms with Crippen LogP contribution in [-0.2, 0) is 0 Å². The van der Waals surface area contributed by atoms with Gasteiger partial charge in [0.05, 0.1) is 10.6 Å². The summed E-state index contributed by atoms with van der Waals surface area (Å²) < 4.78 is 5.40. The third-order valence-corrected chi connectivity index (χ3v) is 6.64. The van der Waals surface area contributed by atoms with Gasteiger partial charge in [-0.3, -0.25) is 4.79 Å². The van der Waals surface area contributed by atoms with Crippen molar-refractivity contribution in [1.29, 1.82) is 0 Å². The molecule has 0 radical (unpaired) electrons. The lowest BCUT2D eigenvalue weighted by atomic mass is 9.92. The monoisotopic (exact) mass is 400 g/mol. The number of nitrogens with one attached hydrogen (secondary N) is 1. The van der Waals surface area contributed by atoms with Crippen LogP contribution in [0.5, 0.6) is 0 Å². The van der Waals surface area contributed by atoms with E-state index in [0.717, 1.165) is 29.1 Å². The van der Waals surface area contributed by atoms with Gasteiger partial charge in [-0.1, -0.05) is 28.9 Å². The number of H-pyrrole nitrogens is 1. The molecule has 0 bridgehead atoms. The van der Waals surface area contributed by atoms with Crippen LogP contribution in [0.3, 0.4) is 0 Å². The molecule has 1 fully saturated rings. The molecule has 2 aromatic heterocycles. The number of carbonyl (C=O) groups is 1. The third-order valence-electron chi connectivity index (χ3n) is 5.20. The number of fused-ring (bicyclic) bond motifs is 2. The van der Waals surface area contributed by atoms with Gasteiger partial charge in [-0.25, -0.2) is 0 Å². The van der Waals surface area contributed by atoms with Crippen molar-refractivity contribution in [2.75, 3.05) is 12.3 Å². The summed E-state index contributed by atoms with van der Waals surface area (Å²) in [5.41, 5.74) is 1.49. The molecule has 3 aromatic rings. The Kier molecular flexibility index (Phi) is 4.21. The molecule has 2 aliphatic heterocycles. The Morgan fingerprint density at radius 2 is 2.19 bits per heavy atom. The van der Waals surface area contributed by atoms with Gasteiger partial charge >= 0.3 is 0 Å². The molecule has 8 heteroatoms. The molecule has 0 aliphatic carbocycles. The van der Waals surface area contributed by atoms with Crippen molar-refractivity contribution >= 4 is 29.3 Å². The van der Waals surface area contributed by atoms with Crippen LogP contribution in [0.2, 0.25) is 5.02 Å². The van der Waals surface area contributed by atoms with Crippen LogP contribution >= 0.6 is 23.4 Å². The number of benzene rings is 1. The third kappa shape index (κ3) is 3.04. The quantitative estimate of drug-likeness (QED) is 0.697. The van der Waals surface area contributed by atoms with Gasteiger partial charge in [0.1, 0.15) is 5.69 Å².